The van der Waals surface area contributed by atoms with Crippen LogP contribution in [0.4, 0.5) is 0 Å². The number of likely N-dealkylation sites (N-methyl/N-ethyl adjacent to an activating group) is 1. The minimum Gasteiger partial charge on any atom is -0.485 e. The fraction of sp³-hybridized carbons (Fsp3) is 0.471. The van der Waals surface area contributed by atoms with Crippen molar-refractivity contribution >= 4 is 5.96 Å². The highest BCUT2D eigenvalue weighted by Gasteiger charge is 2.45. The Morgan fingerprint density at radius 1 is 1.46 bits per heavy atom. The molecule has 126 valence electrons. The van der Waals surface area contributed by atoms with Crippen LogP contribution in [0.15, 0.2) is 23.2 Å². The van der Waals surface area contributed by atoms with Crippen LogP contribution >= 0.6 is 0 Å². The summed E-state index contributed by atoms with van der Waals surface area (Å²) in [6, 6.07) is 6.70. The maximum absolute atomic E-state index is 10.8. The van der Waals surface area contributed by atoms with Gasteiger partial charge in [0.05, 0.1) is 17.7 Å². The van der Waals surface area contributed by atoms with Gasteiger partial charge in [0.25, 0.3) is 0 Å². The van der Waals surface area contributed by atoms with Crippen LogP contribution in [-0.4, -0.2) is 41.3 Å². The van der Waals surface area contributed by atoms with E-state index >= 15 is 0 Å². The molecule has 0 fully saturated rings. The van der Waals surface area contributed by atoms with Gasteiger partial charge in [0.2, 0.25) is 12.2 Å². The van der Waals surface area contributed by atoms with Gasteiger partial charge in [0.1, 0.15) is 17.5 Å². The summed E-state index contributed by atoms with van der Waals surface area (Å²) in [6.07, 6.45) is 0.890. The summed E-state index contributed by atoms with van der Waals surface area (Å²) in [6.45, 7) is 6.08. The molecule has 1 aliphatic heterocycles. The number of fused-ring (bicyclic) bond motifs is 1. The Morgan fingerprint density at radius 2 is 2.17 bits per heavy atom. The second-order valence-electron chi connectivity index (χ2n) is 6.14. The first-order valence-corrected chi connectivity index (χ1v) is 7.70. The highest BCUT2D eigenvalue weighted by atomic mass is 16.5. The van der Waals surface area contributed by atoms with E-state index in [1.807, 2.05) is 6.92 Å². The van der Waals surface area contributed by atoms with Crippen molar-refractivity contribution in [3.8, 4) is 18.0 Å². The summed E-state index contributed by atoms with van der Waals surface area (Å²) in [5.74, 6) is 0.962. The normalized spacial score (nSPS) is 21.7. The molecule has 0 amide bonds. The standard InChI is InChI=1S/C17H21N5O2/c1-5-20-16(21-10-19)22(4)14-12-8-11(9-18)6-7-13(12)24-17(2,3)15(14)23/h6-8,14-15,23H,5H2,1-4H3,(H,20,21)/t14-,15+/m1/s1. The van der Waals surface area contributed by atoms with E-state index in [0.717, 1.165) is 0 Å². The minimum absolute atomic E-state index is 0.357. The lowest BCUT2D eigenvalue weighted by Crippen LogP contribution is -2.55. The first-order valence-electron chi connectivity index (χ1n) is 7.70. The van der Waals surface area contributed by atoms with Crippen molar-refractivity contribution < 1.29 is 9.84 Å². The number of guanidine groups is 1. The summed E-state index contributed by atoms with van der Waals surface area (Å²) in [7, 11) is 1.75. The van der Waals surface area contributed by atoms with E-state index in [1.165, 1.54) is 0 Å². The molecule has 0 unspecified atom stereocenters. The molecule has 1 aliphatic rings. The number of aliphatic hydroxyl groups is 1. The van der Waals surface area contributed by atoms with Crippen LogP contribution < -0.4 is 10.1 Å². The summed E-state index contributed by atoms with van der Waals surface area (Å²) in [4.78, 5) is 5.52. The minimum atomic E-state index is -0.883. The number of benzene rings is 1. The third-order valence-corrected chi connectivity index (χ3v) is 4.08. The van der Waals surface area contributed by atoms with Crippen LogP contribution in [0.3, 0.4) is 0 Å². The number of nitrogens with one attached hydrogen (secondary N) is 1. The van der Waals surface area contributed by atoms with E-state index in [2.05, 4.69) is 16.4 Å². The van der Waals surface area contributed by atoms with Gasteiger partial charge < -0.3 is 20.1 Å². The molecule has 1 heterocycles. The quantitative estimate of drug-likeness (QED) is 0.485. The van der Waals surface area contributed by atoms with Gasteiger partial charge >= 0.3 is 0 Å². The molecule has 7 nitrogen and oxygen atoms in total. The Balaban J connectivity index is 2.57. The van der Waals surface area contributed by atoms with E-state index in [-0.39, 0.29) is 0 Å². The zero-order chi connectivity index (χ0) is 17.9. The molecular formula is C17H21N5O2. The zero-order valence-corrected chi connectivity index (χ0v) is 14.2. The van der Waals surface area contributed by atoms with Crippen molar-refractivity contribution in [2.45, 2.75) is 38.5 Å². The maximum Gasteiger partial charge on any atom is 0.210 e. The lowest BCUT2D eigenvalue weighted by molar-refractivity contribution is -0.0788. The maximum atomic E-state index is 10.8. The third kappa shape index (κ3) is 3.12. The Bertz CT molecular complexity index is 729. The molecule has 2 rings (SSSR count). The molecule has 2 atom stereocenters. The van der Waals surface area contributed by atoms with Crippen molar-refractivity contribution in [2.24, 2.45) is 4.99 Å². The molecule has 0 saturated heterocycles. The molecular weight excluding hydrogens is 306 g/mol. The monoisotopic (exact) mass is 327 g/mol. The number of aliphatic imine (C=N–C) groups is 1. The van der Waals surface area contributed by atoms with Crippen molar-refractivity contribution in [1.29, 1.82) is 10.5 Å². The molecule has 0 aliphatic carbocycles. The van der Waals surface area contributed by atoms with Gasteiger partial charge in [-0.15, -0.1) is 4.99 Å². The Kier molecular flexibility index (Phi) is 4.96. The number of nitrogens with zero attached hydrogens (tertiary/aromatic N) is 4. The third-order valence-electron chi connectivity index (χ3n) is 4.08. The topological polar surface area (TPSA) is 105 Å². The van der Waals surface area contributed by atoms with Crippen LogP contribution in [0.25, 0.3) is 0 Å². The van der Waals surface area contributed by atoms with Gasteiger partial charge in [-0.2, -0.15) is 10.5 Å². The average molecular weight is 327 g/mol. The number of nitriles is 2. The van der Waals surface area contributed by atoms with Crippen LogP contribution in [0.5, 0.6) is 5.75 Å². The molecule has 0 saturated carbocycles. The molecule has 0 radical (unpaired) electrons. The van der Waals surface area contributed by atoms with E-state index in [1.54, 1.807) is 50.2 Å². The second kappa shape index (κ2) is 6.77. The Labute approximate surface area is 141 Å². The Hall–Kier alpha value is -2.77. The molecule has 1 aromatic carbocycles. The number of ether oxygens (including phenoxy) is 1. The van der Waals surface area contributed by atoms with Gasteiger partial charge in [0.15, 0.2) is 0 Å². The summed E-state index contributed by atoms with van der Waals surface area (Å²) in [5, 5.41) is 32.0. The zero-order valence-electron chi connectivity index (χ0n) is 14.2. The van der Waals surface area contributed by atoms with Gasteiger partial charge in [-0.05, 0) is 39.0 Å². The van der Waals surface area contributed by atoms with E-state index < -0.39 is 17.7 Å². The predicted octanol–water partition coefficient (Wildman–Crippen LogP) is 1.51. The molecule has 0 spiro atoms. The van der Waals surface area contributed by atoms with Crippen molar-refractivity contribution in [2.75, 3.05) is 13.6 Å². The van der Waals surface area contributed by atoms with E-state index in [0.29, 0.717) is 29.4 Å². The molecule has 0 bridgehead atoms. The summed E-state index contributed by atoms with van der Waals surface area (Å²) in [5.41, 5.74) is 0.334. The van der Waals surface area contributed by atoms with Crippen LogP contribution in [-0.2, 0) is 0 Å². The summed E-state index contributed by atoms with van der Waals surface area (Å²) >= 11 is 0. The average Bonchev–Trinajstić information content (AvgIpc) is 2.55. The largest absolute Gasteiger partial charge is 0.485 e. The van der Waals surface area contributed by atoms with Crippen molar-refractivity contribution in [3.05, 3.63) is 29.3 Å². The molecule has 1 aromatic rings. The van der Waals surface area contributed by atoms with Crippen molar-refractivity contribution in [1.82, 2.24) is 10.2 Å². The van der Waals surface area contributed by atoms with Crippen LogP contribution in [0.1, 0.15) is 37.9 Å². The smallest absolute Gasteiger partial charge is 0.210 e. The van der Waals surface area contributed by atoms with Crippen LogP contribution in [0.2, 0.25) is 0 Å². The molecule has 0 aromatic heterocycles. The number of hydrogen-bond acceptors (Lipinski definition) is 5. The molecule has 24 heavy (non-hydrogen) atoms. The first-order chi connectivity index (χ1) is 11.4. The molecule has 2 N–H and O–H groups in total. The lowest BCUT2D eigenvalue weighted by atomic mass is 9.85. The van der Waals surface area contributed by atoms with Crippen molar-refractivity contribution in [3.63, 3.8) is 0 Å². The fourth-order valence-electron chi connectivity index (χ4n) is 2.84. The predicted molar refractivity (Wildman–Crippen MR) is 89.1 cm³/mol. The Morgan fingerprint density at radius 3 is 2.75 bits per heavy atom. The van der Waals surface area contributed by atoms with E-state index in [4.69, 9.17) is 15.3 Å². The fourth-order valence-corrected chi connectivity index (χ4v) is 2.84. The summed E-state index contributed by atoms with van der Waals surface area (Å²) < 4.78 is 5.90. The highest BCUT2D eigenvalue weighted by Crippen LogP contribution is 2.42. The number of rotatable bonds is 2. The van der Waals surface area contributed by atoms with Gasteiger partial charge in [0, 0.05) is 19.2 Å². The molecule has 7 heteroatoms. The first kappa shape index (κ1) is 17.6. The SMILES string of the molecule is CCNC(=NC#N)N(C)[C@@H]1c2cc(C#N)ccc2OC(C)(C)[C@H]1O. The van der Waals surface area contributed by atoms with Gasteiger partial charge in [-0.1, -0.05) is 0 Å². The van der Waals surface area contributed by atoms with Gasteiger partial charge in [-0.3, -0.25) is 0 Å². The number of hydrogen-bond donors (Lipinski definition) is 2. The second-order valence-corrected chi connectivity index (χ2v) is 6.14. The van der Waals surface area contributed by atoms with Gasteiger partial charge in [-0.25, -0.2) is 0 Å². The number of aliphatic hydroxyl groups excluding tert-OH is 1. The van der Waals surface area contributed by atoms with E-state index in [9.17, 15) is 5.11 Å². The van der Waals surface area contributed by atoms with Crippen LogP contribution in [0, 0.1) is 22.8 Å². The highest BCUT2D eigenvalue weighted by molar-refractivity contribution is 5.81. The lowest BCUT2D eigenvalue weighted by Gasteiger charge is -2.45.